The molecule has 0 unspecified atom stereocenters. The summed E-state index contributed by atoms with van der Waals surface area (Å²) in [6, 6.07) is 14.1. The van der Waals surface area contributed by atoms with E-state index in [0.29, 0.717) is 29.8 Å². The molecule has 154 valence electrons. The zero-order valence-electron chi connectivity index (χ0n) is 16.6. The van der Waals surface area contributed by atoms with Crippen LogP contribution in [0.25, 0.3) is 0 Å². The summed E-state index contributed by atoms with van der Waals surface area (Å²) in [6.45, 7) is 1.31. The number of nitrogens with zero attached hydrogens (tertiary/aromatic N) is 2. The maximum atomic E-state index is 12.4. The number of amides is 4. The van der Waals surface area contributed by atoms with E-state index in [-0.39, 0.29) is 36.6 Å². The molecule has 1 N–H and O–H groups in total. The van der Waals surface area contributed by atoms with Gasteiger partial charge < -0.3 is 10.2 Å². The molecule has 30 heavy (non-hydrogen) atoms. The highest BCUT2D eigenvalue weighted by Gasteiger charge is 2.34. The lowest BCUT2D eigenvalue weighted by Crippen LogP contribution is -2.34. The van der Waals surface area contributed by atoms with Crippen LogP contribution in [0.15, 0.2) is 48.5 Å². The third-order valence-electron chi connectivity index (χ3n) is 5.45. The number of fused-ring (bicyclic) bond motifs is 1. The van der Waals surface area contributed by atoms with Crippen LogP contribution in [0.2, 0.25) is 0 Å². The second-order valence-corrected chi connectivity index (χ2v) is 7.58. The lowest BCUT2D eigenvalue weighted by atomic mass is 10.1. The number of carbonyl (C=O) groups is 4. The number of rotatable bonds is 6. The largest absolute Gasteiger partial charge is 0.338 e. The molecule has 0 aliphatic carbocycles. The minimum atomic E-state index is -0.364. The highest BCUT2D eigenvalue weighted by atomic mass is 16.2. The van der Waals surface area contributed by atoms with Gasteiger partial charge in [0.1, 0.15) is 0 Å². The maximum absolute atomic E-state index is 12.4. The maximum Gasteiger partial charge on any atom is 0.261 e. The van der Waals surface area contributed by atoms with Gasteiger partial charge in [0, 0.05) is 38.2 Å². The zero-order valence-corrected chi connectivity index (χ0v) is 16.6. The molecule has 2 aromatic carbocycles. The van der Waals surface area contributed by atoms with E-state index >= 15 is 0 Å². The first kappa shape index (κ1) is 19.8. The van der Waals surface area contributed by atoms with Gasteiger partial charge in [-0.05, 0) is 42.7 Å². The average Bonchev–Trinajstić information content (AvgIpc) is 2.99. The van der Waals surface area contributed by atoms with Gasteiger partial charge in [0.15, 0.2) is 0 Å². The molecule has 2 heterocycles. The van der Waals surface area contributed by atoms with E-state index in [1.165, 1.54) is 0 Å². The van der Waals surface area contributed by atoms with Crippen LogP contribution in [0.4, 0.5) is 5.69 Å². The normalized spacial score (nSPS) is 16.1. The Hall–Kier alpha value is -3.48. The predicted molar refractivity (Wildman–Crippen MR) is 111 cm³/mol. The van der Waals surface area contributed by atoms with Crippen LogP contribution < -0.4 is 5.32 Å². The summed E-state index contributed by atoms with van der Waals surface area (Å²) in [7, 11) is 0. The van der Waals surface area contributed by atoms with Crippen LogP contribution in [0.3, 0.4) is 0 Å². The number of carbonyl (C=O) groups excluding carboxylic acids is 4. The Balaban J connectivity index is 1.33. The number of anilines is 1. The Labute approximate surface area is 174 Å². The molecule has 0 spiro atoms. The summed E-state index contributed by atoms with van der Waals surface area (Å²) < 4.78 is 0. The summed E-state index contributed by atoms with van der Waals surface area (Å²) in [4.78, 5) is 52.1. The van der Waals surface area contributed by atoms with E-state index in [1.807, 2.05) is 23.1 Å². The summed E-state index contributed by atoms with van der Waals surface area (Å²) in [5, 5.41) is 2.81. The molecular formula is C23H23N3O4. The van der Waals surface area contributed by atoms with E-state index < -0.39 is 0 Å². The molecule has 2 aliphatic rings. The minimum absolute atomic E-state index is 0.0142. The standard InChI is InChI=1S/C23H23N3O4/c27-20(11-13-26-22(29)18-8-1-2-9-19(18)23(26)30)24-17-7-5-6-16(14-17)15-25-12-4-3-10-21(25)28/h1-2,5-9,14H,3-4,10-13,15H2,(H,24,27). The number of piperidine rings is 1. The van der Waals surface area contributed by atoms with Crippen molar-refractivity contribution in [1.29, 1.82) is 0 Å². The summed E-state index contributed by atoms with van der Waals surface area (Å²) >= 11 is 0. The molecule has 2 aliphatic heterocycles. The SMILES string of the molecule is O=C(CCN1C(=O)c2ccccc2C1=O)Nc1cccc(CN2CCCCC2=O)c1. The number of hydrogen-bond acceptors (Lipinski definition) is 4. The highest BCUT2D eigenvalue weighted by Crippen LogP contribution is 2.23. The van der Waals surface area contributed by atoms with E-state index in [2.05, 4.69) is 5.32 Å². The van der Waals surface area contributed by atoms with Crippen molar-refractivity contribution in [1.82, 2.24) is 9.80 Å². The number of hydrogen-bond donors (Lipinski definition) is 1. The zero-order chi connectivity index (χ0) is 21.1. The van der Waals surface area contributed by atoms with E-state index in [1.54, 1.807) is 30.3 Å². The van der Waals surface area contributed by atoms with Crippen molar-refractivity contribution in [2.45, 2.75) is 32.2 Å². The van der Waals surface area contributed by atoms with Gasteiger partial charge in [-0.2, -0.15) is 0 Å². The fourth-order valence-corrected chi connectivity index (χ4v) is 3.88. The van der Waals surface area contributed by atoms with E-state index in [4.69, 9.17) is 0 Å². The Morgan fingerprint density at radius 2 is 1.67 bits per heavy atom. The van der Waals surface area contributed by atoms with E-state index in [0.717, 1.165) is 29.8 Å². The number of nitrogens with one attached hydrogen (secondary N) is 1. The number of benzene rings is 2. The van der Waals surface area contributed by atoms with Gasteiger partial charge in [0.25, 0.3) is 11.8 Å². The molecule has 0 bridgehead atoms. The van der Waals surface area contributed by atoms with Crippen LogP contribution >= 0.6 is 0 Å². The molecule has 1 fully saturated rings. The predicted octanol–water partition coefficient (Wildman–Crippen LogP) is 2.82. The quantitative estimate of drug-likeness (QED) is 0.749. The van der Waals surface area contributed by atoms with Crippen LogP contribution in [0, 0.1) is 0 Å². The summed E-state index contributed by atoms with van der Waals surface area (Å²) in [6.07, 6.45) is 2.56. The fourth-order valence-electron chi connectivity index (χ4n) is 3.88. The van der Waals surface area contributed by atoms with Crippen molar-refractivity contribution >= 4 is 29.3 Å². The second-order valence-electron chi connectivity index (χ2n) is 7.58. The number of likely N-dealkylation sites (tertiary alicyclic amines) is 1. The van der Waals surface area contributed by atoms with Crippen molar-refractivity contribution in [2.75, 3.05) is 18.4 Å². The third kappa shape index (κ3) is 4.10. The molecule has 7 nitrogen and oxygen atoms in total. The van der Waals surface area contributed by atoms with Gasteiger partial charge in [0.05, 0.1) is 11.1 Å². The van der Waals surface area contributed by atoms with Gasteiger partial charge in [-0.15, -0.1) is 0 Å². The first-order chi connectivity index (χ1) is 14.5. The second kappa shape index (κ2) is 8.49. The summed E-state index contributed by atoms with van der Waals surface area (Å²) in [5.74, 6) is -0.845. The third-order valence-corrected chi connectivity index (χ3v) is 5.45. The Morgan fingerprint density at radius 1 is 0.933 bits per heavy atom. The van der Waals surface area contributed by atoms with E-state index in [9.17, 15) is 19.2 Å². The van der Waals surface area contributed by atoms with Crippen molar-refractivity contribution in [3.63, 3.8) is 0 Å². The highest BCUT2D eigenvalue weighted by molar-refractivity contribution is 6.21. The lowest BCUT2D eigenvalue weighted by molar-refractivity contribution is -0.133. The van der Waals surface area contributed by atoms with Gasteiger partial charge in [-0.25, -0.2) is 0 Å². The monoisotopic (exact) mass is 405 g/mol. The average molecular weight is 405 g/mol. The van der Waals surface area contributed by atoms with Gasteiger partial charge in [0.2, 0.25) is 11.8 Å². The molecule has 2 aromatic rings. The van der Waals surface area contributed by atoms with Crippen LogP contribution in [-0.2, 0) is 16.1 Å². The van der Waals surface area contributed by atoms with Gasteiger partial charge >= 0.3 is 0 Å². The van der Waals surface area contributed by atoms with Crippen molar-refractivity contribution in [3.8, 4) is 0 Å². The van der Waals surface area contributed by atoms with Crippen LogP contribution in [-0.4, -0.2) is 46.5 Å². The molecule has 0 saturated carbocycles. The van der Waals surface area contributed by atoms with Gasteiger partial charge in [-0.1, -0.05) is 24.3 Å². The molecule has 7 heteroatoms. The van der Waals surface area contributed by atoms with Crippen molar-refractivity contribution < 1.29 is 19.2 Å². The Kier molecular flexibility index (Phi) is 5.61. The molecule has 0 aromatic heterocycles. The minimum Gasteiger partial charge on any atom is -0.338 e. The van der Waals surface area contributed by atoms with Crippen molar-refractivity contribution in [2.24, 2.45) is 0 Å². The number of imide groups is 1. The summed E-state index contributed by atoms with van der Waals surface area (Å²) in [5.41, 5.74) is 2.33. The Bertz CT molecular complexity index is 982. The Morgan fingerprint density at radius 3 is 2.37 bits per heavy atom. The smallest absolute Gasteiger partial charge is 0.261 e. The van der Waals surface area contributed by atoms with Crippen LogP contribution in [0.1, 0.15) is 52.0 Å². The fraction of sp³-hybridized carbons (Fsp3) is 0.304. The van der Waals surface area contributed by atoms with Crippen LogP contribution in [0.5, 0.6) is 0 Å². The molecule has 4 amide bonds. The molecule has 0 atom stereocenters. The molecule has 1 saturated heterocycles. The molecule has 0 radical (unpaired) electrons. The first-order valence-electron chi connectivity index (χ1n) is 10.1. The lowest BCUT2D eigenvalue weighted by Gasteiger charge is -2.26. The topological polar surface area (TPSA) is 86.8 Å². The molecular weight excluding hydrogens is 382 g/mol. The van der Waals surface area contributed by atoms with Gasteiger partial charge in [-0.3, -0.25) is 24.1 Å². The first-order valence-corrected chi connectivity index (χ1v) is 10.1. The molecule has 4 rings (SSSR count). The van der Waals surface area contributed by atoms with Crippen molar-refractivity contribution in [3.05, 3.63) is 65.2 Å².